The molecule has 1 aliphatic heterocycles. The SMILES string of the molecule is Cc1c(F)ccn2cc(C3CC3c3cn4c(n3)C=C(F)C(C)C4)nc12. The Morgan fingerprint density at radius 3 is 2.68 bits per heavy atom. The van der Waals surface area contributed by atoms with Crippen LogP contribution in [-0.2, 0) is 6.54 Å². The summed E-state index contributed by atoms with van der Waals surface area (Å²) in [6, 6.07) is 1.46. The van der Waals surface area contributed by atoms with Crippen LogP contribution in [0.1, 0.15) is 48.0 Å². The summed E-state index contributed by atoms with van der Waals surface area (Å²) in [7, 11) is 0. The molecule has 0 amide bonds. The molecule has 0 bridgehead atoms. The fraction of sp³-hybridized carbons (Fsp3) is 0.368. The van der Waals surface area contributed by atoms with Crippen LogP contribution in [0.3, 0.4) is 0 Å². The second-order valence-electron chi connectivity index (χ2n) is 7.24. The molecule has 1 saturated carbocycles. The molecule has 1 fully saturated rings. The van der Waals surface area contributed by atoms with Crippen molar-refractivity contribution >= 4 is 11.7 Å². The topological polar surface area (TPSA) is 35.1 Å². The second-order valence-corrected chi connectivity index (χ2v) is 7.24. The van der Waals surface area contributed by atoms with E-state index >= 15 is 0 Å². The second kappa shape index (κ2) is 5.00. The molecule has 6 heteroatoms. The minimum atomic E-state index is -0.235. The Bertz CT molecular complexity index is 1030. The molecule has 3 unspecified atom stereocenters. The summed E-state index contributed by atoms with van der Waals surface area (Å²) in [4.78, 5) is 9.24. The van der Waals surface area contributed by atoms with Crippen molar-refractivity contribution in [2.24, 2.45) is 5.92 Å². The Balaban J connectivity index is 1.45. The molecule has 1 aliphatic carbocycles. The first-order chi connectivity index (χ1) is 12.0. The van der Waals surface area contributed by atoms with Crippen molar-refractivity contribution in [3.8, 4) is 0 Å². The molecule has 3 atom stereocenters. The summed E-state index contributed by atoms with van der Waals surface area (Å²) in [5.74, 6) is 0.868. The fourth-order valence-corrected chi connectivity index (χ4v) is 3.75. The molecule has 0 N–H and O–H groups in total. The number of halogens is 2. The van der Waals surface area contributed by atoms with Crippen molar-refractivity contribution in [3.63, 3.8) is 0 Å². The molecule has 128 valence electrons. The number of fused-ring (bicyclic) bond motifs is 2. The molecule has 5 rings (SSSR count). The van der Waals surface area contributed by atoms with Crippen molar-refractivity contribution < 1.29 is 8.78 Å². The predicted molar refractivity (Wildman–Crippen MR) is 90.5 cm³/mol. The molecule has 3 aromatic rings. The quantitative estimate of drug-likeness (QED) is 0.700. The molecule has 4 heterocycles. The zero-order valence-corrected chi connectivity index (χ0v) is 14.1. The smallest absolute Gasteiger partial charge is 0.142 e. The van der Waals surface area contributed by atoms with Crippen LogP contribution in [0.15, 0.2) is 30.5 Å². The first kappa shape index (κ1) is 14.8. The molecular formula is C19H18F2N4. The van der Waals surface area contributed by atoms with E-state index in [1.165, 1.54) is 12.1 Å². The van der Waals surface area contributed by atoms with E-state index in [9.17, 15) is 8.78 Å². The maximum atomic E-state index is 13.8. The van der Waals surface area contributed by atoms with Gasteiger partial charge in [0.2, 0.25) is 0 Å². The van der Waals surface area contributed by atoms with Gasteiger partial charge in [0.1, 0.15) is 23.1 Å². The van der Waals surface area contributed by atoms with Crippen molar-refractivity contribution in [3.05, 3.63) is 59.1 Å². The number of allylic oxidation sites excluding steroid dienone is 1. The van der Waals surface area contributed by atoms with E-state index in [-0.39, 0.29) is 17.6 Å². The lowest BCUT2D eigenvalue weighted by Crippen LogP contribution is -2.13. The first-order valence-corrected chi connectivity index (χ1v) is 8.59. The van der Waals surface area contributed by atoms with E-state index in [1.54, 1.807) is 13.1 Å². The monoisotopic (exact) mass is 340 g/mol. The van der Waals surface area contributed by atoms with Crippen molar-refractivity contribution in [2.75, 3.05) is 0 Å². The van der Waals surface area contributed by atoms with Crippen LogP contribution >= 0.6 is 0 Å². The molecular weight excluding hydrogens is 322 g/mol. The number of rotatable bonds is 2. The lowest BCUT2D eigenvalue weighted by atomic mass is 10.1. The number of pyridine rings is 1. The van der Waals surface area contributed by atoms with E-state index in [2.05, 4.69) is 9.97 Å². The predicted octanol–water partition coefficient (Wildman–Crippen LogP) is 4.21. The highest BCUT2D eigenvalue weighted by atomic mass is 19.1. The third kappa shape index (κ3) is 2.23. The minimum Gasteiger partial charge on any atom is -0.330 e. The zero-order chi connectivity index (χ0) is 17.3. The molecule has 0 spiro atoms. The van der Waals surface area contributed by atoms with Crippen LogP contribution in [0.4, 0.5) is 8.78 Å². The lowest BCUT2D eigenvalue weighted by Gasteiger charge is -2.16. The van der Waals surface area contributed by atoms with E-state index in [0.717, 1.165) is 17.8 Å². The Labute approximate surface area is 143 Å². The van der Waals surface area contributed by atoms with Gasteiger partial charge in [-0.2, -0.15) is 0 Å². The molecule has 0 saturated heterocycles. The van der Waals surface area contributed by atoms with Gasteiger partial charge in [0, 0.05) is 54.5 Å². The summed E-state index contributed by atoms with van der Waals surface area (Å²) in [5, 5.41) is 0. The number of aromatic nitrogens is 4. The Hall–Kier alpha value is -2.50. The van der Waals surface area contributed by atoms with Gasteiger partial charge in [-0.25, -0.2) is 18.7 Å². The van der Waals surface area contributed by atoms with Crippen molar-refractivity contribution in [1.29, 1.82) is 0 Å². The highest BCUT2D eigenvalue weighted by molar-refractivity contribution is 5.51. The zero-order valence-electron chi connectivity index (χ0n) is 14.1. The van der Waals surface area contributed by atoms with E-state index in [4.69, 9.17) is 0 Å². The van der Waals surface area contributed by atoms with Crippen LogP contribution in [0.2, 0.25) is 0 Å². The number of hydrogen-bond acceptors (Lipinski definition) is 2. The third-order valence-electron chi connectivity index (χ3n) is 5.41. The maximum absolute atomic E-state index is 13.8. The average Bonchev–Trinajstić information content (AvgIpc) is 3.09. The molecule has 3 aromatic heterocycles. The number of nitrogens with zero attached hydrogens (tertiary/aromatic N) is 4. The van der Waals surface area contributed by atoms with Gasteiger partial charge in [-0.05, 0) is 19.4 Å². The summed E-state index contributed by atoms with van der Waals surface area (Å²) in [5.41, 5.74) is 3.21. The van der Waals surface area contributed by atoms with Crippen molar-refractivity contribution in [1.82, 2.24) is 18.9 Å². The largest absolute Gasteiger partial charge is 0.330 e. The fourth-order valence-electron chi connectivity index (χ4n) is 3.75. The summed E-state index contributed by atoms with van der Waals surface area (Å²) >= 11 is 0. The normalized spacial score (nSPS) is 25.1. The average molecular weight is 340 g/mol. The van der Waals surface area contributed by atoms with Crippen LogP contribution in [0, 0.1) is 18.7 Å². The Morgan fingerprint density at radius 2 is 1.88 bits per heavy atom. The van der Waals surface area contributed by atoms with E-state index in [0.29, 0.717) is 35.4 Å². The molecule has 25 heavy (non-hydrogen) atoms. The van der Waals surface area contributed by atoms with Crippen molar-refractivity contribution in [2.45, 2.75) is 38.6 Å². The minimum absolute atomic E-state index is 0.0964. The van der Waals surface area contributed by atoms with Gasteiger partial charge in [-0.3, -0.25) is 0 Å². The van der Waals surface area contributed by atoms with Gasteiger partial charge in [0.25, 0.3) is 0 Å². The first-order valence-electron chi connectivity index (χ1n) is 8.59. The highest BCUT2D eigenvalue weighted by Gasteiger charge is 2.43. The number of hydrogen-bond donors (Lipinski definition) is 0. The van der Waals surface area contributed by atoms with Gasteiger partial charge < -0.3 is 8.97 Å². The number of imidazole rings is 2. The maximum Gasteiger partial charge on any atom is 0.142 e. The van der Waals surface area contributed by atoms with E-state index < -0.39 is 0 Å². The van der Waals surface area contributed by atoms with Gasteiger partial charge in [0.05, 0.1) is 11.4 Å². The lowest BCUT2D eigenvalue weighted by molar-refractivity contribution is 0.430. The molecule has 4 nitrogen and oxygen atoms in total. The van der Waals surface area contributed by atoms with E-state index in [1.807, 2.05) is 28.3 Å². The van der Waals surface area contributed by atoms with Gasteiger partial charge in [-0.15, -0.1) is 0 Å². The van der Waals surface area contributed by atoms with Crippen LogP contribution in [0.5, 0.6) is 0 Å². The van der Waals surface area contributed by atoms with Crippen LogP contribution in [-0.4, -0.2) is 18.9 Å². The Morgan fingerprint density at radius 1 is 1.12 bits per heavy atom. The molecule has 2 aliphatic rings. The molecule has 0 radical (unpaired) electrons. The Kier molecular flexibility index (Phi) is 2.96. The van der Waals surface area contributed by atoms with Gasteiger partial charge in [0.15, 0.2) is 0 Å². The van der Waals surface area contributed by atoms with Gasteiger partial charge >= 0.3 is 0 Å². The van der Waals surface area contributed by atoms with Crippen LogP contribution in [0.25, 0.3) is 11.7 Å². The standard InChI is InChI=1S/C19H18F2N4/c1-10-7-25-9-16(22-18(25)6-15(10)21)12-5-13(12)17-8-24-4-3-14(20)11(2)19(24)23-17/h3-4,6,8-10,12-13H,5,7H2,1-2H3. The summed E-state index contributed by atoms with van der Waals surface area (Å²) < 4.78 is 31.4. The molecule has 0 aromatic carbocycles. The number of aryl methyl sites for hydroxylation is 1. The summed E-state index contributed by atoms with van der Waals surface area (Å²) in [6.07, 6.45) is 8.23. The highest BCUT2D eigenvalue weighted by Crippen LogP contribution is 2.54. The van der Waals surface area contributed by atoms with Crippen LogP contribution < -0.4 is 0 Å². The third-order valence-corrected chi connectivity index (χ3v) is 5.41. The van der Waals surface area contributed by atoms with Gasteiger partial charge in [-0.1, -0.05) is 6.92 Å². The summed E-state index contributed by atoms with van der Waals surface area (Å²) in [6.45, 7) is 4.26.